The maximum absolute atomic E-state index is 12.9. The largest absolute Gasteiger partial charge is 0.495 e. The van der Waals surface area contributed by atoms with Crippen LogP contribution in [0.3, 0.4) is 0 Å². The Labute approximate surface area is 196 Å². The van der Waals surface area contributed by atoms with E-state index in [0.717, 1.165) is 18.4 Å². The Bertz CT molecular complexity index is 1210. The van der Waals surface area contributed by atoms with Gasteiger partial charge in [0.05, 0.1) is 36.0 Å². The van der Waals surface area contributed by atoms with Gasteiger partial charge in [0.25, 0.3) is 5.56 Å². The van der Waals surface area contributed by atoms with Gasteiger partial charge >= 0.3 is 0 Å². The summed E-state index contributed by atoms with van der Waals surface area (Å²) in [5.41, 5.74) is 2.02. The summed E-state index contributed by atoms with van der Waals surface area (Å²) in [5, 5.41) is 6.42. The predicted octanol–water partition coefficient (Wildman–Crippen LogP) is 3.36. The van der Waals surface area contributed by atoms with E-state index in [1.165, 1.54) is 18.9 Å². The Balaban J connectivity index is 1.62. The topological polar surface area (TPSA) is 102 Å². The first-order chi connectivity index (χ1) is 15.9. The molecule has 0 saturated heterocycles. The second-order valence-electron chi connectivity index (χ2n) is 7.54. The monoisotopic (exact) mass is 468 g/mol. The molecule has 3 aromatic rings. The van der Waals surface area contributed by atoms with Crippen molar-refractivity contribution in [3.8, 4) is 5.75 Å². The Morgan fingerprint density at radius 1 is 1.15 bits per heavy atom. The van der Waals surface area contributed by atoms with Gasteiger partial charge in [-0.3, -0.25) is 19.0 Å². The number of carbonyl (C=O) groups is 2. The van der Waals surface area contributed by atoms with E-state index in [9.17, 15) is 14.4 Å². The van der Waals surface area contributed by atoms with E-state index < -0.39 is 0 Å². The Morgan fingerprint density at radius 2 is 1.94 bits per heavy atom. The lowest BCUT2D eigenvalue weighted by Gasteiger charge is -2.13. The average Bonchev–Trinajstić information content (AvgIpc) is 2.81. The second-order valence-corrected chi connectivity index (χ2v) is 8.48. The minimum atomic E-state index is -0.360. The van der Waals surface area contributed by atoms with E-state index in [1.807, 2.05) is 25.1 Å². The van der Waals surface area contributed by atoms with Crippen LogP contribution in [0, 0.1) is 6.92 Å². The Morgan fingerprint density at radius 3 is 2.70 bits per heavy atom. The van der Waals surface area contributed by atoms with Crippen molar-refractivity contribution >= 4 is 40.2 Å². The van der Waals surface area contributed by atoms with Gasteiger partial charge in [-0.05, 0) is 43.2 Å². The zero-order chi connectivity index (χ0) is 23.8. The summed E-state index contributed by atoms with van der Waals surface area (Å²) in [7, 11) is 1.53. The lowest BCUT2D eigenvalue weighted by Crippen LogP contribution is -2.34. The van der Waals surface area contributed by atoms with E-state index in [0.29, 0.717) is 34.0 Å². The highest BCUT2D eigenvalue weighted by Gasteiger charge is 2.14. The molecule has 0 bridgehead atoms. The first-order valence-corrected chi connectivity index (χ1v) is 11.7. The smallest absolute Gasteiger partial charge is 0.262 e. The summed E-state index contributed by atoms with van der Waals surface area (Å²) in [6, 6.07) is 12.6. The van der Waals surface area contributed by atoms with Crippen LogP contribution in [0.15, 0.2) is 52.4 Å². The van der Waals surface area contributed by atoms with Crippen molar-refractivity contribution in [2.24, 2.45) is 0 Å². The van der Waals surface area contributed by atoms with Gasteiger partial charge in [-0.15, -0.1) is 0 Å². The van der Waals surface area contributed by atoms with Gasteiger partial charge in [-0.1, -0.05) is 43.3 Å². The van der Waals surface area contributed by atoms with Crippen LogP contribution in [-0.2, 0) is 16.1 Å². The summed E-state index contributed by atoms with van der Waals surface area (Å²) in [5.74, 6) is -0.0993. The lowest BCUT2D eigenvalue weighted by molar-refractivity contribution is -0.122. The molecule has 0 aliphatic rings. The molecule has 0 fully saturated rings. The van der Waals surface area contributed by atoms with E-state index in [4.69, 9.17) is 4.74 Å². The number of nitrogens with one attached hydrogen (secondary N) is 2. The summed E-state index contributed by atoms with van der Waals surface area (Å²) < 4.78 is 6.88. The molecule has 0 aliphatic heterocycles. The number of thioether (sulfide) groups is 1. The SMILES string of the molecule is CCCCn1c(SCC(=O)NCC(=O)Nc2cc(C)ccc2OC)nc2ccccc2c1=O. The first-order valence-electron chi connectivity index (χ1n) is 10.8. The van der Waals surface area contributed by atoms with Crippen molar-refractivity contribution in [1.29, 1.82) is 0 Å². The number of methoxy groups -OCH3 is 1. The molecule has 0 aliphatic carbocycles. The van der Waals surface area contributed by atoms with E-state index in [-0.39, 0.29) is 29.7 Å². The zero-order valence-electron chi connectivity index (χ0n) is 19.0. The molecular formula is C24H28N4O4S. The highest BCUT2D eigenvalue weighted by atomic mass is 32.2. The van der Waals surface area contributed by atoms with Gasteiger partial charge in [0.1, 0.15) is 5.75 Å². The van der Waals surface area contributed by atoms with Crippen LogP contribution < -0.4 is 20.9 Å². The highest BCUT2D eigenvalue weighted by Crippen LogP contribution is 2.25. The van der Waals surface area contributed by atoms with Gasteiger partial charge < -0.3 is 15.4 Å². The van der Waals surface area contributed by atoms with Gasteiger partial charge in [-0.25, -0.2) is 4.98 Å². The van der Waals surface area contributed by atoms with Crippen molar-refractivity contribution in [2.45, 2.75) is 38.4 Å². The van der Waals surface area contributed by atoms with Gasteiger partial charge in [-0.2, -0.15) is 0 Å². The molecule has 0 atom stereocenters. The fraction of sp³-hybridized carbons (Fsp3) is 0.333. The van der Waals surface area contributed by atoms with Crippen LogP contribution in [0.25, 0.3) is 10.9 Å². The molecule has 2 amide bonds. The molecular weight excluding hydrogens is 440 g/mol. The Kier molecular flexibility index (Phi) is 8.48. The van der Waals surface area contributed by atoms with E-state index >= 15 is 0 Å². The zero-order valence-corrected chi connectivity index (χ0v) is 19.8. The van der Waals surface area contributed by atoms with Crippen molar-refractivity contribution in [3.63, 3.8) is 0 Å². The molecule has 0 radical (unpaired) electrons. The first kappa shape index (κ1) is 24.3. The van der Waals surface area contributed by atoms with Crippen molar-refractivity contribution in [2.75, 3.05) is 24.7 Å². The van der Waals surface area contributed by atoms with Gasteiger partial charge in [0.2, 0.25) is 11.8 Å². The third-order valence-corrected chi connectivity index (χ3v) is 5.95. The van der Waals surface area contributed by atoms with Crippen LogP contribution in [0.1, 0.15) is 25.3 Å². The lowest BCUT2D eigenvalue weighted by atomic mass is 10.2. The molecule has 2 aromatic carbocycles. The summed E-state index contributed by atoms with van der Waals surface area (Å²) in [4.78, 5) is 42.2. The summed E-state index contributed by atoms with van der Waals surface area (Å²) in [6.07, 6.45) is 1.77. The van der Waals surface area contributed by atoms with Gasteiger partial charge in [0, 0.05) is 6.54 Å². The number of nitrogens with zero attached hydrogens (tertiary/aromatic N) is 2. The quantitative estimate of drug-likeness (QED) is 0.349. The molecule has 1 heterocycles. The number of ether oxygens (including phenoxy) is 1. The van der Waals surface area contributed by atoms with Crippen LogP contribution in [-0.4, -0.2) is 40.8 Å². The number of benzene rings is 2. The van der Waals surface area contributed by atoms with Crippen LogP contribution in [0.4, 0.5) is 5.69 Å². The Hall–Kier alpha value is -3.33. The maximum Gasteiger partial charge on any atom is 0.262 e. The number of aromatic nitrogens is 2. The van der Waals surface area contributed by atoms with E-state index in [2.05, 4.69) is 22.5 Å². The molecule has 0 saturated carbocycles. The molecule has 0 spiro atoms. The maximum atomic E-state index is 12.9. The molecule has 0 unspecified atom stereocenters. The number of hydrogen-bond acceptors (Lipinski definition) is 6. The fourth-order valence-corrected chi connectivity index (χ4v) is 4.10. The van der Waals surface area contributed by atoms with Crippen LogP contribution in [0.5, 0.6) is 5.75 Å². The molecule has 174 valence electrons. The molecule has 3 rings (SSSR count). The standard InChI is InChI=1S/C24H28N4O4S/c1-4-5-12-28-23(31)17-8-6-7-9-18(17)27-24(28)33-15-22(30)25-14-21(29)26-19-13-16(2)10-11-20(19)32-3/h6-11,13H,4-5,12,14-15H2,1-3H3,(H,25,30)(H,26,29). The molecule has 9 heteroatoms. The third-order valence-electron chi connectivity index (χ3n) is 4.97. The van der Waals surface area contributed by atoms with E-state index in [1.54, 1.807) is 28.8 Å². The molecule has 8 nitrogen and oxygen atoms in total. The normalized spacial score (nSPS) is 10.8. The minimum absolute atomic E-state index is 0.0396. The number of aryl methyl sites for hydroxylation is 1. The number of unbranched alkanes of at least 4 members (excludes halogenated alkanes) is 1. The van der Waals surface area contributed by atoms with Gasteiger partial charge in [0.15, 0.2) is 5.16 Å². The second kappa shape index (κ2) is 11.5. The van der Waals surface area contributed by atoms with Crippen molar-refractivity contribution in [3.05, 3.63) is 58.4 Å². The van der Waals surface area contributed by atoms with Crippen molar-refractivity contribution in [1.82, 2.24) is 14.9 Å². The number of para-hydroxylation sites is 1. The fourth-order valence-electron chi connectivity index (χ4n) is 3.25. The molecule has 33 heavy (non-hydrogen) atoms. The molecule has 2 N–H and O–H groups in total. The number of fused-ring (bicyclic) bond motifs is 1. The number of hydrogen-bond donors (Lipinski definition) is 2. The number of carbonyl (C=O) groups excluding carboxylic acids is 2. The average molecular weight is 469 g/mol. The van der Waals surface area contributed by atoms with Crippen molar-refractivity contribution < 1.29 is 14.3 Å². The number of anilines is 1. The van der Waals surface area contributed by atoms with Crippen LogP contribution in [0.2, 0.25) is 0 Å². The predicted molar refractivity (Wildman–Crippen MR) is 131 cm³/mol. The highest BCUT2D eigenvalue weighted by molar-refractivity contribution is 7.99. The summed E-state index contributed by atoms with van der Waals surface area (Å²) >= 11 is 1.19. The van der Waals surface area contributed by atoms with Crippen LogP contribution >= 0.6 is 11.8 Å². The third kappa shape index (κ3) is 6.35. The summed E-state index contributed by atoms with van der Waals surface area (Å²) in [6.45, 7) is 4.33. The number of amides is 2. The molecule has 1 aromatic heterocycles. The minimum Gasteiger partial charge on any atom is -0.495 e. The number of rotatable bonds is 10.